The molecule has 2 unspecified atom stereocenters. The van der Waals surface area contributed by atoms with E-state index in [-0.39, 0.29) is 25.7 Å². The molecule has 0 saturated carbocycles. The number of hydrogen-bond donors (Lipinski definition) is 3. The highest BCUT2D eigenvalue weighted by Crippen LogP contribution is 2.45. The third kappa shape index (κ3) is 72.2. The van der Waals surface area contributed by atoms with E-state index in [1.807, 2.05) is 0 Å². The van der Waals surface area contributed by atoms with Crippen LogP contribution >= 0.6 is 15.6 Å². The summed E-state index contributed by atoms with van der Waals surface area (Å²) in [4.78, 5) is 72.6. The summed E-state index contributed by atoms with van der Waals surface area (Å²) in [5, 5.41) is 10.6. The summed E-state index contributed by atoms with van der Waals surface area (Å²) in [5.74, 6) is -1.32. The average Bonchev–Trinajstić information content (AvgIpc) is 1.88. The summed E-state index contributed by atoms with van der Waals surface area (Å²) in [6.45, 7) is 7.24. The summed E-state index contributed by atoms with van der Waals surface area (Å²) >= 11 is 0. The zero-order valence-corrected chi connectivity index (χ0v) is 65.0. The molecule has 0 aliphatic heterocycles. The van der Waals surface area contributed by atoms with Gasteiger partial charge in [-0.25, -0.2) is 9.13 Å². The Morgan fingerprint density at radius 2 is 0.474 bits per heavy atom. The molecule has 576 valence electrons. The molecule has 0 heterocycles. The number of esters is 4. The topological polar surface area (TPSA) is 237 Å². The van der Waals surface area contributed by atoms with E-state index in [0.29, 0.717) is 25.7 Å². The number of aliphatic hydroxyl groups excluding tert-OH is 1. The normalized spacial score (nSPS) is 13.9. The molecule has 0 amide bonds. The van der Waals surface area contributed by atoms with Gasteiger partial charge in [0.25, 0.3) is 0 Å². The van der Waals surface area contributed by atoms with Gasteiger partial charge in [0, 0.05) is 25.7 Å². The molecular formula is C78H152O17P2. The Labute approximate surface area is 594 Å². The van der Waals surface area contributed by atoms with Crippen molar-refractivity contribution in [2.75, 3.05) is 39.6 Å². The van der Waals surface area contributed by atoms with Gasteiger partial charge < -0.3 is 33.8 Å². The molecule has 0 rings (SSSR count). The van der Waals surface area contributed by atoms with Gasteiger partial charge in [-0.15, -0.1) is 0 Å². The molecule has 0 aromatic rings. The first-order chi connectivity index (χ1) is 47.0. The lowest BCUT2D eigenvalue weighted by atomic mass is 10.0. The Bertz CT molecular complexity index is 1860. The van der Waals surface area contributed by atoms with Crippen LogP contribution in [0.25, 0.3) is 0 Å². The van der Waals surface area contributed by atoms with E-state index in [9.17, 15) is 43.2 Å². The fourth-order valence-electron chi connectivity index (χ4n) is 12.1. The number of rotatable bonds is 78. The van der Waals surface area contributed by atoms with Crippen LogP contribution in [0.2, 0.25) is 0 Å². The van der Waals surface area contributed by atoms with E-state index in [4.69, 9.17) is 37.0 Å². The van der Waals surface area contributed by atoms with Crippen molar-refractivity contribution in [2.45, 2.75) is 432 Å². The van der Waals surface area contributed by atoms with Crippen molar-refractivity contribution in [3.63, 3.8) is 0 Å². The summed E-state index contributed by atoms with van der Waals surface area (Å²) in [5.41, 5.74) is 0. The molecule has 5 atom stereocenters. The SMILES string of the molecule is CCCCCCCCCCCCCCCCCCCCCCCC(=O)O[C@H](COC(=O)CCCCCCCCCCCCCCCCC(C)C)COP(=O)(O)OC[C@@H](O)COP(=O)(O)OC[C@@H](COC(=O)CCCCCCC)OC(=O)CCCCCCCCCCCCCCCC. The van der Waals surface area contributed by atoms with Crippen molar-refractivity contribution in [3.05, 3.63) is 0 Å². The van der Waals surface area contributed by atoms with Gasteiger partial charge in [-0.05, 0) is 31.6 Å². The van der Waals surface area contributed by atoms with Crippen molar-refractivity contribution in [1.29, 1.82) is 0 Å². The fraction of sp³-hybridized carbons (Fsp3) is 0.949. The van der Waals surface area contributed by atoms with E-state index < -0.39 is 97.5 Å². The van der Waals surface area contributed by atoms with Gasteiger partial charge in [-0.3, -0.25) is 37.3 Å². The van der Waals surface area contributed by atoms with E-state index in [1.54, 1.807) is 0 Å². The number of unbranched alkanes of at least 4 members (excludes halogenated alkanes) is 50. The molecule has 97 heavy (non-hydrogen) atoms. The second-order valence-electron chi connectivity index (χ2n) is 28.6. The number of phosphoric acid groups is 2. The molecule has 3 N–H and O–H groups in total. The van der Waals surface area contributed by atoms with Gasteiger partial charge in [0.2, 0.25) is 0 Å². The molecule has 0 spiro atoms. The maximum atomic E-state index is 13.1. The Kier molecular flexibility index (Phi) is 69.6. The number of aliphatic hydroxyl groups is 1. The highest BCUT2D eigenvalue weighted by Gasteiger charge is 2.30. The number of hydrogen-bond acceptors (Lipinski definition) is 15. The monoisotopic (exact) mass is 1420 g/mol. The molecular weight excluding hydrogens is 1270 g/mol. The average molecular weight is 1420 g/mol. The second-order valence-corrected chi connectivity index (χ2v) is 31.5. The first kappa shape index (κ1) is 95.1. The minimum absolute atomic E-state index is 0.107. The molecule has 0 fully saturated rings. The maximum Gasteiger partial charge on any atom is 0.472 e. The molecule has 17 nitrogen and oxygen atoms in total. The fourth-order valence-corrected chi connectivity index (χ4v) is 13.6. The zero-order valence-electron chi connectivity index (χ0n) is 63.2. The van der Waals surface area contributed by atoms with Gasteiger partial charge in [-0.2, -0.15) is 0 Å². The van der Waals surface area contributed by atoms with Gasteiger partial charge in [-0.1, -0.05) is 362 Å². The molecule has 0 saturated heterocycles. The van der Waals surface area contributed by atoms with E-state index >= 15 is 0 Å². The van der Waals surface area contributed by atoms with Crippen LogP contribution in [0, 0.1) is 5.92 Å². The van der Waals surface area contributed by atoms with E-state index in [1.165, 1.54) is 231 Å². The standard InChI is InChI=1S/C78H152O17P2/c1-6-9-12-15-17-19-21-23-25-26-27-28-29-30-31-37-41-45-49-54-59-64-78(83)95-74(68-89-76(81)62-57-52-47-43-39-36-33-32-34-38-42-46-51-55-60-71(4)5)70-93-97(86,87)91-66-72(79)65-90-96(84,85)92-69-73(67-88-75(80)61-56-50-14-11-8-3)94-77(82)63-58-53-48-44-40-35-24-22-20-18-16-13-10-7-2/h71-74,79H,6-70H2,1-5H3,(H,84,85)(H,86,87)/t72-,73+,74+/m0/s1. The van der Waals surface area contributed by atoms with Crippen LogP contribution in [0.5, 0.6) is 0 Å². The number of carbonyl (C=O) groups excluding carboxylic acids is 4. The van der Waals surface area contributed by atoms with E-state index in [0.717, 1.165) is 102 Å². The summed E-state index contributed by atoms with van der Waals surface area (Å²) in [6, 6.07) is 0. The lowest BCUT2D eigenvalue weighted by Crippen LogP contribution is -2.30. The van der Waals surface area contributed by atoms with Crippen LogP contribution in [0.1, 0.15) is 413 Å². The van der Waals surface area contributed by atoms with Crippen LogP contribution in [-0.2, 0) is 65.4 Å². The highest BCUT2D eigenvalue weighted by molar-refractivity contribution is 7.47. The van der Waals surface area contributed by atoms with Crippen LogP contribution in [0.3, 0.4) is 0 Å². The Morgan fingerprint density at radius 1 is 0.278 bits per heavy atom. The molecule has 0 radical (unpaired) electrons. The van der Waals surface area contributed by atoms with Crippen LogP contribution in [-0.4, -0.2) is 96.7 Å². The van der Waals surface area contributed by atoms with Gasteiger partial charge >= 0.3 is 39.5 Å². The van der Waals surface area contributed by atoms with Crippen molar-refractivity contribution in [2.24, 2.45) is 5.92 Å². The second kappa shape index (κ2) is 71.1. The quantitative estimate of drug-likeness (QED) is 0.0222. The smallest absolute Gasteiger partial charge is 0.462 e. The van der Waals surface area contributed by atoms with Gasteiger partial charge in [0.05, 0.1) is 26.4 Å². The maximum absolute atomic E-state index is 13.1. The number of carbonyl (C=O) groups is 4. The summed E-state index contributed by atoms with van der Waals surface area (Å²) < 4.78 is 68.4. The Morgan fingerprint density at radius 3 is 0.701 bits per heavy atom. The van der Waals surface area contributed by atoms with Crippen LogP contribution in [0.4, 0.5) is 0 Å². The van der Waals surface area contributed by atoms with Crippen LogP contribution in [0.15, 0.2) is 0 Å². The van der Waals surface area contributed by atoms with Gasteiger partial charge in [0.1, 0.15) is 19.3 Å². The minimum atomic E-state index is -4.96. The van der Waals surface area contributed by atoms with Crippen molar-refractivity contribution < 1.29 is 80.2 Å². The predicted octanol–water partition coefficient (Wildman–Crippen LogP) is 23.3. The summed E-state index contributed by atoms with van der Waals surface area (Å²) in [6.07, 6.45) is 61.5. The Hall–Kier alpha value is -1.94. The molecule has 0 aliphatic carbocycles. The first-order valence-corrected chi connectivity index (χ1v) is 43.6. The third-order valence-electron chi connectivity index (χ3n) is 18.3. The first-order valence-electron chi connectivity index (χ1n) is 40.6. The number of phosphoric ester groups is 2. The van der Waals surface area contributed by atoms with Crippen molar-refractivity contribution >= 4 is 39.5 Å². The van der Waals surface area contributed by atoms with E-state index in [2.05, 4.69) is 34.6 Å². The van der Waals surface area contributed by atoms with Gasteiger partial charge in [0.15, 0.2) is 12.2 Å². The third-order valence-corrected chi connectivity index (χ3v) is 20.2. The molecule has 0 aliphatic rings. The summed E-state index contributed by atoms with van der Waals surface area (Å²) in [7, 11) is -9.90. The molecule has 0 aromatic heterocycles. The molecule has 0 bridgehead atoms. The zero-order chi connectivity index (χ0) is 71.2. The molecule has 19 heteroatoms. The number of ether oxygens (including phenoxy) is 4. The lowest BCUT2D eigenvalue weighted by Gasteiger charge is -2.21. The lowest BCUT2D eigenvalue weighted by molar-refractivity contribution is -0.161. The minimum Gasteiger partial charge on any atom is -0.462 e. The molecule has 0 aromatic carbocycles. The predicted molar refractivity (Wildman–Crippen MR) is 395 cm³/mol. The van der Waals surface area contributed by atoms with Crippen molar-refractivity contribution in [1.82, 2.24) is 0 Å². The van der Waals surface area contributed by atoms with Crippen LogP contribution < -0.4 is 0 Å². The Balaban J connectivity index is 5.12. The highest BCUT2D eigenvalue weighted by atomic mass is 31.2. The largest absolute Gasteiger partial charge is 0.472 e. The van der Waals surface area contributed by atoms with Crippen molar-refractivity contribution in [3.8, 4) is 0 Å².